The molecule has 6 aromatic rings. The van der Waals surface area contributed by atoms with Gasteiger partial charge in [-0.3, -0.25) is 18.8 Å². The Bertz CT molecular complexity index is 1990. The minimum absolute atomic E-state index is 0.0659. The maximum atomic E-state index is 14.2. The predicted octanol–water partition coefficient (Wildman–Crippen LogP) is 4.03. The molecule has 0 bridgehead atoms. The minimum Gasteiger partial charge on any atom is -0.381 e. The smallest absolute Gasteiger partial charge is 0.266 e. The van der Waals surface area contributed by atoms with E-state index in [1.54, 1.807) is 34.6 Å². The molecule has 4 heterocycles. The second-order valence-electron chi connectivity index (χ2n) is 10.3. The second-order valence-corrected chi connectivity index (χ2v) is 10.3. The van der Waals surface area contributed by atoms with E-state index in [9.17, 15) is 9.59 Å². The van der Waals surface area contributed by atoms with Crippen LogP contribution in [-0.4, -0.2) is 39.8 Å². The van der Waals surface area contributed by atoms with Crippen LogP contribution in [0.3, 0.4) is 0 Å². The van der Waals surface area contributed by atoms with E-state index in [2.05, 4.69) is 20.5 Å². The molecule has 0 saturated carbocycles. The van der Waals surface area contributed by atoms with Gasteiger partial charge in [-0.2, -0.15) is 5.10 Å². The number of anilines is 1. The molecule has 0 fully saturated rings. The number of amides is 1. The monoisotopic (exact) mass is 547 g/mol. The van der Waals surface area contributed by atoms with E-state index >= 15 is 0 Å². The van der Waals surface area contributed by atoms with Gasteiger partial charge in [0.1, 0.15) is 11.4 Å². The fourth-order valence-corrected chi connectivity index (χ4v) is 5.00. The lowest BCUT2D eigenvalue weighted by Gasteiger charge is -2.20. The molecular weight excluding hydrogens is 518 g/mol. The number of nitrogen functional groups attached to an aromatic ring is 1. The van der Waals surface area contributed by atoms with Crippen molar-refractivity contribution in [1.82, 2.24) is 39.2 Å². The summed E-state index contributed by atoms with van der Waals surface area (Å²) in [4.78, 5) is 37.4. The van der Waals surface area contributed by atoms with Gasteiger partial charge < -0.3 is 11.1 Å². The van der Waals surface area contributed by atoms with E-state index in [0.29, 0.717) is 28.1 Å². The van der Waals surface area contributed by atoms with Crippen molar-refractivity contribution in [2.45, 2.75) is 32.7 Å². The zero-order chi connectivity index (χ0) is 28.8. The molecule has 2 aromatic carbocycles. The van der Waals surface area contributed by atoms with Gasteiger partial charge in [0.15, 0.2) is 11.5 Å². The van der Waals surface area contributed by atoms with Gasteiger partial charge in [0, 0.05) is 30.7 Å². The van der Waals surface area contributed by atoms with Crippen LogP contribution in [0.1, 0.15) is 54.6 Å². The van der Waals surface area contributed by atoms with E-state index in [1.165, 1.54) is 4.52 Å². The van der Waals surface area contributed by atoms with Crippen LogP contribution in [0.2, 0.25) is 0 Å². The van der Waals surface area contributed by atoms with Crippen LogP contribution >= 0.6 is 0 Å². The van der Waals surface area contributed by atoms with Crippen LogP contribution < -0.4 is 16.6 Å². The number of hydrogen-bond acceptors (Lipinski definition) is 7. The van der Waals surface area contributed by atoms with Crippen LogP contribution in [0, 0.1) is 0 Å². The lowest BCUT2D eigenvalue weighted by molar-refractivity contribution is 0.0940. The molecule has 11 nitrogen and oxygen atoms in total. The molecule has 1 atom stereocenters. The zero-order valence-corrected chi connectivity index (χ0v) is 23.1. The quantitative estimate of drug-likeness (QED) is 0.321. The molecule has 41 heavy (non-hydrogen) atoms. The summed E-state index contributed by atoms with van der Waals surface area (Å²) in [5, 5.41) is 12.0. The third-order valence-electron chi connectivity index (χ3n) is 7.04. The Morgan fingerprint density at radius 1 is 1.00 bits per heavy atom. The van der Waals surface area contributed by atoms with Crippen molar-refractivity contribution in [3.63, 3.8) is 0 Å². The minimum atomic E-state index is -0.676. The van der Waals surface area contributed by atoms with E-state index in [4.69, 9.17) is 10.7 Å². The van der Waals surface area contributed by atoms with Crippen molar-refractivity contribution in [2.24, 2.45) is 7.05 Å². The molecule has 4 aromatic heterocycles. The number of carbonyl (C=O) groups excluding carboxylic acids is 1. The number of carbonyl (C=O) groups is 1. The van der Waals surface area contributed by atoms with Crippen molar-refractivity contribution < 1.29 is 4.79 Å². The Labute approximate surface area is 235 Å². The molecule has 0 radical (unpaired) electrons. The average Bonchev–Trinajstić information content (AvgIpc) is 3.54. The van der Waals surface area contributed by atoms with Crippen LogP contribution in [0.5, 0.6) is 0 Å². The lowest BCUT2D eigenvalue weighted by atomic mass is 10.0. The first-order valence-corrected chi connectivity index (χ1v) is 13.3. The summed E-state index contributed by atoms with van der Waals surface area (Å²) in [6, 6.07) is 16.0. The molecular formula is C30H29N9O2. The van der Waals surface area contributed by atoms with Gasteiger partial charge in [0.05, 0.1) is 28.8 Å². The Morgan fingerprint density at radius 3 is 2.49 bits per heavy atom. The highest BCUT2D eigenvalue weighted by molar-refractivity contribution is 6.04. The second kappa shape index (κ2) is 10.0. The van der Waals surface area contributed by atoms with Gasteiger partial charge in [-0.15, -0.1) is 5.10 Å². The molecule has 0 saturated heterocycles. The van der Waals surface area contributed by atoms with E-state index in [-0.39, 0.29) is 22.9 Å². The lowest BCUT2D eigenvalue weighted by Crippen LogP contribution is -2.33. The Kier molecular flexibility index (Phi) is 6.33. The highest BCUT2D eigenvalue weighted by atomic mass is 16.2. The number of benzene rings is 2. The van der Waals surface area contributed by atoms with Gasteiger partial charge in [-0.1, -0.05) is 44.2 Å². The van der Waals surface area contributed by atoms with Crippen molar-refractivity contribution >= 4 is 28.3 Å². The Balaban J connectivity index is 1.49. The van der Waals surface area contributed by atoms with E-state index < -0.39 is 11.9 Å². The third-order valence-corrected chi connectivity index (χ3v) is 7.04. The molecule has 6 rings (SSSR count). The van der Waals surface area contributed by atoms with Gasteiger partial charge in [0.2, 0.25) is 0 Å². The first-order chi connectivity index (χ1) is 19.7. The van der Waals surface area contributed by atoms with Crippen LogP contribution in [0.4, 0.5) is 5.82 Å². The topological polar surface area (TPSA) is 138 Å². The molecule has 11 heteroatoms. The maximum absolute atomic E-state index is 14.2. The number of hydrogen-bond donors (Lipinski definition) is 2. The average molecular weight is 548 g/mol. The standard InChI is InChI=1S/C30H29N9O2/c1-17(2)22-13-14-38-28(34-22)25(26(31)36-38)29(40)33-18(3)27-35-23-12-8-11-21(19-15-32-37(4)16-19)24(23)30(41)39(27)20-9-6-5-7-10-20/h5-18H,1-4H3,(H2,31,36)(H,33,40)/t18-/m0/s1. The Morgan fingerprint density at radius 2 is 1.78 bits per heavy atom. The van der Waals surface area contributed by atoms with Gasteiger partial charge in [-0.05, 0) is 42.7 Å². The number of nitrogens with one attached hydrogen (secondary N) is 1. The zero-order valence-electron chi connectivity index (χ0n) is 23.1. The largest absolute Gasteiger partial charge is 0.381 e. The SMILES string of the molecule is CC(C)c1ccn2nc(N)c(C(=O)N[C@@H](C)c3nc4cccc(-c5cnn(C)c5)c4c(=O)n3-c3ccccc3)c2n1. The van der Waals surface area contributed by atoms with Gasteiger partial charge in [-0.25, -0.2) is 14.5 Å². The first-order valence-electron chi connectivity index (χ1n) is 13.3. The summed E-state index contributed by atoms with van der Waals surface area (Å²) in [6.45, 7) is 5.83. The number of aryl methyl sites for hydroxylation is 1. The summed E-state index contributed by atoms with van der Waals surface area (Å²) in [5.41, 5.74) is 9.96. The van der Waals surface area contributed by atoms with Gasteiger partial charge >= 0.3 is 0 Å². The molecule has 3 N–H and O–H groups in total. The van der Waals surface area contributed by atoms with Crippen molar-refractivity contribution in [1.29, 1.82) is 0 Å². The third kappa shape index (κ3) is 4.50. The van der Waals surface area contributed by atoms with E-state index in [0.717, 1.165) is 16.8 Å². The van der Waals surface area contributed by atoms with Crippen molar-refractivity contribution in [3.05, 3.63) is 101 Å². The number of nitrogens with two attached hydrogens (primary N) is 1. The molecule has 0 aliphatic heterocycles. The summed E-state index contributed by atoms with van der Waals surface area (Å²) < 4.78 is 4.73. The number of nitrogens with zero attached hydrogens (tertiary/aromatic N) is 7. The summed E-state index contributed by atoms with van der Waals surface area (Å²) in [5.74, 6) is 0.133. The number of rotatable bonds is 6. The molecule has 0 unspecified atom stereocenters. The maximum Gasteiger partial charge on any atom is 0.266 e. The molecule has 0 aliphatic rings. The first kappa shape index (κ1) is 25.9. The number of para-hydroxylation sites is 1. The van der Waals surface area contributed by atoms with Crippen molar-refractivity contribution in [3.8, 4) is 16.8 Å². The number of aromatic nitrogens is 7. The fourth-order valence-electron chi connectivity index (χ4n) is 5.00. The molecule has 0 aliphatic carbocycles. The highest BCUT2D eigenvalue weighted by Gasteiger charge is 2.25. The molecule has 1 amide bonds. The van der Waals surface area contributed by atoms with E-state index in [1.807, 2.05) is 75.6 Å². The van der Waals surface area contributed by atoms with Crippen LogP contribution in [0.25, 0.3) is 33.4 Å². The summed E-state index contributed by atoms with van der Waals surface area (Å²) in [7, 11) is 1.83. The van der Waals surface area contributed by atoms with Crippen LogP contribution in [-0.2, 0) is 7.05 Å². The molecule has 206 valence electrons. The fraction of sp³-hybridized carbons (Fsp3) is 0.200. The normalized spacial score (nSPS) is 12.3. The van der Waals surface area contributed by atoms with Crippen molar-refractivity contribution in [2.75, 3.05) is 5.73 Å². The number of fused-ring (bicyclic) bond motifs is 2. The van der Waals surface area contributed by atoms with Crippen LogP contribution in [0.15, 0.2) is 78.0 Å². The summed E-state index contributed by atoms with van der Waals surface area (Å²) >= 11 is 0. The molecule has 0 spiro atoms. The predicted molar refractivity (Wildman–Crippen MR) is 157 cm³/mol. The Hall–Kier alpha value is -5.32. The highest BCUT2D eigenvalue weighted by Crippen LogP contribution is 2.28. The summed E-state index contributed by atoms with van der Waals surface area (Å²) in [6.07, 6.45) is 5.32. The van der Waals surface area contributed by atoms with Gasteiger partial charge in [0.25, 0.3) is 11.5 Å².